The largest absolute Gasteiger partial charge is 0.482 e. The van der Waals surface area contributed by atoms with E-state index >= 15 is 0 Å². The minimum atomic E-state index is -4.12. The molecule has 1 fully saturated rings. The smallest absolute Gasteiger partial charge is 0.265 e. The van der Waals surface area contributed by atoms with E-state index in [2.05, 4.69) is 10.1 Å². The van der Waals surface area contributed by atoms with Gasteiger partial charge in [0.1, 0.15) is 16.5 Å². The first-order chi connectivity index (χ1) is 9.93. The van der Waals surface area contributed by atoms with Crippen LogP contribution in [0.1, 0.15) is 30.5 Å². The van der Waals surface area contributed by atoms with Crippen molar-refractivity contribution in [1.29, 1.82) is 0 Å². The van der Waals surface area contributed by atoms with Crippen LogP contribution in [0, 0.1) is 5.82 Å². The van der Waals surface area contributed by atoms with Crippen molar-refractivity contribution < 1.29 is 22.1 Å². The summed E-state index contributed by atoms with van der Waals surface area (Å²) in [5.41, 5.74) is 0. The molecule has 6 nitrogen and oxygen atoms in total. The first kappa shape index (κ1) is 14.3. The second kappa shape index (κ2) is 5.27. The molecule has 1 aromatic carbocycles. The molecule has 0 saturated heterocycles. The topological polar surface area (TPSA) is 82.3 Å². The van der Waals surface area contributed by atoms with E-state index in [-0.39, 0.29) is 18.2 Å². The Hall–Kier alpha value is -1.67. The highest BCUT2D eigenvalue weighted by molar-refractivity contribution is 8.13. The van der Waals surface area contributed by atoms with Gasteiger partial charge in [0.15, 0.2) is 12.4 Å². The van der Waals surface area contributed by atoms with E-state index in [1.54, 1.807) is 0 Å². The molecule has 0 amide bonds. The van der Waals surface area contributed by atoms with Crippen LogP contribution in [0.5, 0.6) is 5.75 Å². The highest BCUT2D eigenvalue weighted by Gasteiger charge is 2.29. The fraction of sp³-hybridized carbons (Fsp3) is 0.333. The Balaban J connectivity index is 1.77. The minimum absolute atomic E-state index is 0.0717. The van der Waals surface area contributed by atoms with Gasteiger partial charge in [-0.2, -0.15) is 4.98 Å². The zero-order valence-electron chi connectivity index (χ0n) is 10.6. The molecule has 1 aliphatic rings. The van der Waals surface area contributed by atoms with E-state index in [1.807, 2.05) is 0 Å². The van der Waals surface area contributed by atoms with Crippen LogP contribution in [0.4, 0.5) is 4.39 Å². The average molecular weight is 333 g/mol. The van der Waals surface area contributed by atoms with Crippen LogP contribution in [0.25, 0.3) is 0 Å². The Kier molecular flexibility index (Phi) is 3.58. The predicted octanol–water partition coefficient (Wildman–Crippen LogP) is 2.59. The quantitative estimate of drug-likeness (QED) is 0.783. The molecule has 0 spiro atoms. The van der Waals surface area contributed by atoms with E-state index in [0.717, 1.165) is 25.0 Å². The number of hydrogen-bond acceptors (Lipinski definition) is 6. The van der Waals surface area contributed by atoms with Gasteiger partial charge in [0.05, 0.1) is 0 Å². The van der Waals surface area contributed by atoms with Gasteiger partial charge in [-0.15, -0.1) is 0 Å². The second-order valence-corrected chi connectivity index (χ2v) is 7.17. The molecular weight excluding hydrogens is 323 g/mol. The zero-order chi connectivity index (χ0) is 15.0. The fourth-order valence-electron chi connectivity index (χ4n) is 1.77. The molecule has 21 heavy (non-hydrogen) atoms. The molecule has 0 unspecified atom stereocenters. The van der Waals surface area contributed by atoms with E-state index in [1.165, 1.54) is 6.07 Å². The lowest BCUT2D eigenvalue weighted by molar-refractivity contribution is 0.237. The van der Waals surface area contributed by atoms with Crippen LogP contribution < -0.4 is 4.74 Å². The van der Waals surface area contributed by atoms with Crippen LogP contribution in [0.3, 0.4) is 0 Å². The van der Waals surface area contributed by atoms with E-state index in [9.17, 15) is 12.8 Å². The molecule has 1 aromatic heterocycles. The summed E-state index contributed by atoms with van der Waals surface area (Å²) in [6.45, 7) is -0.120. The molecule has 2 aromatic rings. The third kappa shape index (κ3) is 3.33. The lowest BCUT2D eigenvalue weighted by Crippen LogP contribution is -2.01. The van der Waals surface area contributed by atoms with Crippen molar-refractivity contribution in [3.05, 3.63) is 35.7 Å². The summed E-state index contributed by atoms with van der Waals surface area (Å²) >= 11 is 0. The normalized spacial score (nSPS) is 15.1. The molecule has 1 saturated carbocycles. The summed E-state index contributed by atoms with van der Waals surface area (Å²) < 4.78 is 46.2. The van der Waals surface area contributed by atoms with Gasteiger partial charge in [-0.1, -0.05) is 5.16 Å². The average Bonchev–Trinajstić information content (AvgIpc) is 3.16. The van der Waals surface area contributed by atoms with Crippen molar-refractivity contribution >= 4 is 19.7 Å². The monoisotopic (exact) mass is 332 g/mol. The summed E-state index contributed by atoms with van der Waals surface area (Å²) in [6, 6.07) is 3.05. The summed E-state index contributed by atoms with van der Waals surface area (Å²) in [6.07, 6.45) is 2.07. The summed E-state index contributed by atoms with van der Waals surface area (Å²) in [5, 5.41) is 3.81. The Bertz CT molecular complexity index is 773. The predicted molar refractivity (Wildman–Crippen MR) is 70.0 cm³/mol. The van der Waals surface area contributed by atoms with E-state index < -0.39 is 19.8 Å². The maximum absolute atomic E-state index is 13.1. The lowest BCUT2D eigenvalue weighted by atomic mass is 10.3. The molecule has 0 N–H and O–H groups in total. The van der Waals surface area contributed by atoms with Gasteiger partial charge in [0, 0.05) is 16.6 Å². The van der Waals surface area contributed by atoms with Crippen LogP contribution in [-0.2, 0) is 15.7 Å². The van der Waals surface area contributed by atoms with Gasteiger partial charge < -0.3 is 9.26 Å². The maximum atomic E-state index is 13.1. The van der Waals surface area contributed by atoms with Gasteiger partial charge in [-0.05, 0) is 31.0 Å². The van der Waals surface area contributed by atoms with Crippen LogP contribution in [-0.4, -0.2) is 18.6 Å². The Morgan fingerprint density at radius 1 is 1.43 bits per heavy atom. The Morgan fingerprint density at radius 3 is 2.86 bits per heavy atom. The highest BCUT2D eigenvalue weighted by atomic mass is 35.7. The molecular formula is C12H10ClFN2O4S. The number of hydrogen-bond donors (Lipinski definition) is 0. The number of benzene rings is 1. The highest BCUT2D eigenvalue weighted by Crippen LogP contribution is 2.38. The number of nitrogens with zero attached hydrogens (tertiary/aromatic N) is 2. The van der Waals surface area contributed by atoms with Crippen molar-refractivity contribution in [3.63, 3.8) is 0 Å². The lowest BCUT2D eigenvalue weighted by Gasteiger charge is -2.07. The van der Waals surface area contributed by atoms with Crippen molar-refractivity contribution in [2.75, 3.05) is 0 Å². The minimum Gasteiger partial charge on any atom is -0.482 e. The third-order valence-corrected chi connectivity index (χ3v) is 4.29. The van der Waals surface area contributed by atoms with Crippen molar-refractivity contribution in [2.24, 2.45) is 0 Å². The van der Waals surface area contributed by atoms with Crippen molar-refractivity contribution in [3.8, 4) is 5.75 Å². The number of halogens is 2. The summed E-state index contributed by atoms with van der Waals surface area (Å²) in [5.74, 6) is 0.386. The van der Waals surface area contributed by atoms with Gasteiger partial charge in [-0.3, -0.25) is 0 Å². The van der Waals surface area contributed by atoms with Gasteiger partial charge in [-0.25, -0.2) is 12.8 Å². The Labute approximate surface area is 124 Å². The van der Waals surface area contributed by atoms with Crippen LogP contribution in [0.15, 0.2) is 27.6 Å². The third-order valence-electron chi connectivity index (χ3n) is 2.95. The fourth-order valence-corrected chi connectivity index (χ4v) is 2.75. The maximum Gasteiger partial charge on any atom is 0.265 e. The molecule has 3 rings (SSSR count). The van der Waals surface area contributed by atoms with Crippen molar-refractivity contribution in [1.82, 2.24) is 10.1 Å². The van der Waals surface area contributed by atoms with Gasteiger partial charge >= 0.3 is 0 Å². The van der Waals surface area contributed by atoms with Crippen LogP contribution in [0.2, 0.25) is 0 Å². The molecule has 9 heteroatoms. The first-order valence-corrected chi connectivity index (χ1v) is 8.44. The van der Waals surface area contributed by atoms with Crippen molar-refractivity contribution in [2.45, 2.75) is 30.3 Å². The molecule has 0 radical (unpaired) electrons. The van der Waals surface area contributed by atoms with Crippen LogP contribution >= 0.6 is 10.7 Å². The molecule has 1 heterocycles. The zero-order valence-corrected chi connectivity index (χ0v) is 12.2. The number of rotatable bonds is 5. The van der Waals surface area contributed by atoms with E-state index in [0.29, 0.717) is 11.7 Å². The van der Waals surface area contributed by atoms with Gasteiger partial charge in [0.25, 0.3) is 14.9 Å². The molecule has 1 aliphatic carbocycles. The molecule has 0 aliphatic heterocycles. The second-order valence-electron chi connectivity index (χ2n) is 4.64. The number of ether oxygens (including phenoxy) is 1. The molecule has 112 valence electrons. The molecule has 0 bridgehead atoms. The number of aromatic nitrogens is 2. The SMILES string of the molecule is O=S(=O)(Cl)c1cc(F)ccc1OCc1nc(C2CC2)no1. The summed E-state index contributed by atoms with van der Waals surface area (Å²) in [4.78, 5) is 3.70. The molecule has 0 atom stereocenters. The van der Waals surface area contributed by atoms with E-state index in [4.69, 9.17) is 19.9 Å². The Morgan fingerprint density at radius 2 is 2.19 bits per heavy atom. The standard InChI is InChI=1S/C12H10ClFN2O4S/c13-21(17,18)10-5-8(14)3-4-9(10)19-6-11-15-12(16-20-11)7-1-2-7/h3-5,7H,1-2,6H2. The summed E-state index contributed by atoms with van der Waals surface area (Å²) in [7, 11) is 1.13. The van der Waals surface area contributed by atoms with Gasteiger partial charge in [0.2, 0.25) is 0 Å². The first-order valence-electron chi connectivity index (χ1n) is 6.13.